The minimum absolute atomic E-state index is 0.0563. The number of hydrogen-bond acceptors (Lipinski definition) is 4. The molecule has 1 N–H and O–H groups in total. The lowest BCUT2D eigenvalue weighted by atomic mass is 10.0. The lowest BCUT2D eigenvalue weighted by molar-refractivity contribution is -0.144. The highest BCUT2D eigenvalue weighted by Crippen LogP contribution is 2.27. The van der Waals surface area contributed by atoms with Gasteiger partial charge >= 0.3 is 5.92 Å². The molecule has 2 heterocycles. The Morgan fingerprint density at radius 2 is 1.73 bits per heavy atom. The van der Waals surface area contributed by atoms with Gasteiger partial charge in [0.2, 0.25) is 5.56 Å². The van der Waals surface area contributed by atoms with Crippen LogP contribution in [0, 0.1) is 12.8 Å². The molecule has 4 rings (SSSR count). The summed E-state index contributed by atoms with van der Waals surface area (Å²) < 4.78 is 35.6. The van der Waals surface area contributed by atoms with E-state index in [9.17, 15) is 18.4 Å². The summed E-state index contributed by atoms with van der Waals surface area (Å²) in [5, 5.41) is 7.59. The van der Waals surface area contributed by atoms with Crippen molar-refractivity contribution >= 4 is 16.8 Å². The zero-order valence-electron chi connectivity index (χ0n) is 21.6. The number of hydrogen-bond donors (Lipinski definition) is 1. The second-order valence-electron chi connectivity index (χ2n) is 9.25. The Kier molecular flexibility index (Phi) is 8.81. The van der Waals surface area contributed by atoms with Crippen LogP contribution in [0.4, 0.5) is 8.78 Å². The quantitative estimate of drug-likeness (QED) is 0.384. The average molecular weight is 511 g/mol. The van der Waals surface area contributed by atoms with Gasteiger partial charge in [-0.1, -0.05) is 50.2 Å². The van der Waals surface area contributed by atoms with Gasteiger partial charge in [-0.2, -0.15) is 13.9 Å². The first-order valence-electron chi connectivity index (χ1n) is 11.9. The van der Waals surface area contributed by atoms with Gasteiger partial charge in [-0.05, 0) is 36.6 Å². The molecule has 1 amide bonds. The number of alkyl halides is 2. The van der Waals surface area contributed by atoms with Crippen LogP contribution in [-0.4, -0.2) is 38.8 Å². The van der Waals surface area contributed by atoms with E-state index in [1.165, 1.54) is 10.6 Å². The Morgan fingerprint density at radius 3 is 2.27 bits per heavy atom. The molecule has 196 valence electrons. The molecule has 0 aliphatic carbocycles. The van der Waals surface area contributed by atoms with Crippen LogP contribution in [0.25, 0.3) is 16.6 Å². The first-order chi connectivity index (χ1) is 17.5. The maximum absolute atomic E-state index is 13.2. The van der Waals surface area contributed by atoms with E-state index >= 15 is 0 Å². The second kappa shape index (κ2) is 11.8. The lowest BCUT2D eigenvalue weighted by Gasteiger charge is -2.24. The molecule has 4 aromatic rings. The molecule has 9 heteroatoms. The van der Waals surface area contributed by atoms with Gasteiger partial charge in [0.15, 0.2) is 0 Å². The molecule has 0 saturated heterocycles. The lowest BCUT2D eigenvalue weighted by Crippen LogP contribution is -2.48. The topological polar surface area (TPSA) is 78.2 Å². The van der Waals surface area contributed by atoms with Crippen LogP contribution in [0.15, 0.2) is 77.9 Å². The summed E-state index contributed by atoms with van der Waals surface area (Å²) in [6.07, 6.45) is 3.39. The van der Waals surface area contributed by atoms with E-state index in [1.807, 2.05) is 69.3 Å². The molecule has 0 aliphatic heterocycles. The third-order valence-electron chi connectivity index (χ3n) is 5.78. The largest absolute Gasteiger partial charge is 0.491 e. The minimum Gasteiger partial charge on any atom is -0.491 e. The molecule has 0 spiro atoms. The fourth-order valence-electron chi connectivity index (χ4n) is 3.48. The number of aromatic nitrogens is 3. The number of halogens is 2. The third-order valence-corrected chi connectivity index (χ3v) is 5.78. The van der Waals surface area contributed by atoms with Crippen LogP contribution < -0.4 is 15.6 Å². The Hall–Kier alpha value is -4.01. The normalized spacial score (nSPS) is 12.1. The van der Waals surface area contributed by atoms with E-state index in [1.54, 1.807) is 30.2 Å². The van der Waals surface area contributed by atoms with Gasteiger partial charge in [0.25, 0.3) is 5.91 Å². The summed E-state index contributed by atoms with van der Waals surface area (Å²) in [7, 11) is 1.67. The molecule has 2 aromatic carbocycles. The van der Waals surface area contributed by atoms with Crippen LogP contribution in [0.2, 0.25) is 0 Å². The minimum atomic E-state index is -3.45. The van der Waals surface area contributed by atoms with Crippen molar-refractivity contribution in [3.8, 4) is 11.4 Å². The SMILES string of the molecule is Cc1cc2c(cnn2-c2ccc(=O)n(C)c2)cc1OCC(NC(=O)C(C)(F)F)C(C)C.c1ccccc1. The van der Waals surface area contributed by atoms with Gasteiger partial charge in [-0.3, -0.25) is 9.59 Å². The first kappa shape index (κ1) is 27.6. The number of pyridine rings is 1. The van der Waals surface area contributed by atoms with Crippen LogP contribution in [0.3, 0.4) is 0 Å². The highest BCUT2D eigenvalue weighted by molar-refractivity contribution is 5.83. The maximum atomic E-state index is 13.2. The molecular weight excluding hydrogens is 478 g/mol. The van der Waals surface area contributed by atoms with Crippen LogP contribution in [-0.2, 0) is 11.8 Å². The first-order valence-corrected chi connectivity index (χ1v) is 11.9. The zero-order chi connectivity index (χ0) is 27.2. The smallest absolute Gasteiger partial charge is 0.321 e. The van der Waals surface area contributed by atoms with E-state index in [0.29, 0.717) is 12.7 Å². The Balaban J connectivity index is 0.000000555. The van der Waals surface area contributed by atoms with Gasteiger partial charge in [-0.15, -0.1) is 0 Å². The molecular formula is C28H32F2N4O3. The van der Waals surface area contributed by atoms with Crippen molar-refractivity contribution < 1.29 is 18.3 Å². The van der Waals surface area contributed by atoms with Gasteiger partial charge < -0.3 is 14.6 Å². The third kappa shape index (κ3) is 7.25. The number of amides is 1. The van der Waals surface area contributed by atoms with Gasteiger partial charge in [0, 0.05) is 31.6 Å². The van der Waals surface area contributed by atoms with Crippen molar-refractivity contribution in [3.05, 3.63) is 89.0 Å². The van der Waals surface area contributed by atoms with E-state index < -0.39 is 17.9 Å². The van der Waals surface area contributed by atoms with Crippen molar-refractivity contribution in [1.82, 2.24) is 19.7 Å². The number of benzene rings is 2. The maximum Gasteiger partial charge on any atom is 0.321 e. The van der Waals surface area contributed by atoms with E-state index in [2.05, 4.69) is 10.4 Å². The highest BCUT2D eigenvalue weighted by atomic mass is 19.3. The molecule has 2 aromatic heterocycles. The van der Waals surface area contributed by atoms with E-state index in [-0.39, 0.29) is 18.1 Å². The van der Waals surface area contributed by atoms with E-state index in [4.69, 9.17) is 4.74 Å². The highest BCUT2D eigenvalue weighted by Gasteiger charge is 2.34. The molecule has 1 unspecified atom stereocenters. The molecule has 37 heavy (non-hydrogen) atoms. The van der Waals surface area contributed by atoms with Crippen LogP contribution >= 0.6 is 0 Å². The number of fused-ring (bicyclic) bond motifs is 1. The number of nitrogens with one attached hydrogen (secondary N) is 1. The van der Waals surface area contributed by atoms with Crippen molar-refractivity contribution in [2.24, 2.45) is 13.0 Å². The molecule has 0 aliphatic rings. The zero-order valence-corrected chi connectivity index (χ0v) is 21.6. The van der Waals surface area contributed by atoms with Gasteiger partial charge in [0.1, 0.15) is 12.4 Å². The van der Waals surface area contributed by atoms with Crippen molar-refractivity contribution in [2.75, 3.05) is 6.61 Å². The Labute approximate surface area is 214 Å². The Bertz CT molecular complexity index is 1370. The molecule has 0 fully saturated rings. The fraction of sp³-hybridized carbons (Fsp3) is 0.321. The Morgan fingerprint density at radius 1 is 1.11 bits per heavy atom. The van der Waals surface area contributed by atoms with Gasteiger partial charge in [-0.25, -0.2) is 4.68 Å². The van der Waals surface area contributed by atoms with Crippen LogP contribution in [0.1, 0.15) is 26.3 Å². The predicted molar refractivity (Wildman–Crippen MR) is 140 cm³/mol. The van der Waals surface area contributed by atoms with Crippen molar-refractivity contribution in [1.29, 1.82) is 0 Å². The summed E-state index contributed by atoms with van der Waals surface area (Å²) in [5.41, 5.74) is 2.30. The summed E-state index contributed by atoms with van der Waals surface area (Å²) >= 11 is 0. The summed E-state index contributed by atoms with van der Waals surface area (Å²) in [4.78, 5) is 23.3. The fourth-order valence-corrected chi connectivity index (χ4v) is 3.48. The van der Waals surface area contributed by atoms with Crippen molar-refractivity contribution in [2.45, 2.75) is 39.7 Å². The summed E-state index contributed by atoms with van der Waals surface area (Å²) in [6, 6.07) is 18.3. The number of ether oxygens (including phenoxy) is 1. The standard InChI is InChI=1S/C22H26F2N4O3.C6H6/c1-13(2)17(26-21(30)22(4,23)24)12-31-19-9-15-10-25-28(18(15)8-14(19)3)16-6-7-20(29)27(5)11-16;1-2-4-6-5-3-1/h6-11,13,17H,12H2,1-5H3,(H,26,30);1-6H. The molecule has 0 saturated carbocycles. The summed E-state index contributed by atoms with van der Waals surface area (Å²) in [5.74, 6) is -4.28. The second-order valence-corrected chi connectivity index (χ2v) is 9.25. The molecule has 0 radical (unpaired) electrons. The number of aryl methyl sites for hydroxylation is 2. The van der Waals surface area contributed by atoms with Gasteiger partial charge in [0.05, 0.1) is 23.4 Å². The van der Waals surface area contributed by atoms with E-state index in [0.717, 1.165) is 22.2 Å². The predicted octanol–water partition coefficient (Wildman–Crippen LogP) is 4.89. The average Bonchev–Trinajstić information content (AvgIpc) is 3.26. The number of carbonyl (C=O) groups is 1. The molecule has 1 atom stereocenters. The van der Waals surface area contributed by atoms with Crippen molar-refractivity contribution in [3.63, 3.8) is 0 Å². The monoisotopic (exact) mass is 510 g/mol. The molecule has 7 nitrogen and oxygen atoms in total. The summed E-state index contributed by atoms with van der Waals surface area (Å²) in [6.45, 7) is 6.16. The molecule has 0 bridgehead atoms. The number of rotatable bonds is 7. The number of carbonyl (C=O) groups excluding carboxylic acids is 1. The number of nitrogens with zero attached hydrogens (tertiary/aromatic N) is 3. The van der Waals surface area contributed by atoms with Crippen LogP contribution in [0.5, 0.6) is 5.75 Å².